The van der Waals surface area contributed by atoms with Crippen molar-refractivity contribution in [2.75, 3.05) is 32.7 Å². The molecule has 0 radical (unpaired) electrons. The Hall–Kier alpha value is -3.37. The Labute approximate surface area is 219 Å². The zero-order chi connectivity index (χ0) is 27.0. The lowest BCUT2D eigenvalue weighted by molar-refractivity contribution is -0.138. The molecule has 1 N–H and O–H groups in total. The highest BCUT2D eigenvalue weighted by Crippen LogP contribution is 2.44. The van der Waals surface area contributed by atoms with Gasteiger partial charge in [-0.25, -0.2) is 0 Å². The number of aromatic nitrogens is 2. The predicted molar refractivity (Wildman–Crippen MR) is 132 cm³/mol. The molecule has 2 aliphatic heterocycles. The number of halogens is 3. The average molecular weight is 532 g/mol. The number of carbonyl (C=O) groups excluding carboxylic acids is 3. The Morgan fingerprint density at radius 2 is 1.66 bits per heavy atom. The van der Waals surface area contributed by atoms with E-state index in [1.807, 2.05) is 4.68 Å². The van der Waals surface area contributed by atoms with Gasteiger partial charge in [0.05, 0.1) is 35.6 Å². The molecular formula is C27H32F3N5O3. The summed E-state index contributed by atoms with van der Waals surface area (Å²) in [4.78, 5) is 40.4. The minimum atomic E-state index is -4.43. The summed E-state index contributed by atoms with van der Waals surface area (Å²) in [5.41, 5.74) is 1.07. The van der Waals surface area contributed by atoms with Crippen LogP contribution in [0.3, 0.4) is 0 Å². The van der Waals surface area contributed by atoms with Gasteiger partial charge in [-0.3, -0.25) is 19.1 Å². The topological polar surface area (TPSA) is 87.5 Å². The molecule has 3 aliphatic rings. The second-order valence-electron chi connectivity index (χ2n) is 10.5. The number of hydrogen-bond donors (Lipinski definition) is 1. The molecule has 1 aromatic heterocycles. The van der Waals surface area contributed by atoms with Gasteiger partial charge in [-0.05, 0) is 43.7 Å². The van der Waals surface area contributed by atoms with Gasteiger partial charge in [-0.15, -0.1) is 0 Å². The molecule has 1 atom stereocenters. The first-order valence-electron chi connectivity index (χ1n) is 13.2. The van der Waals surface area contributed by atoms with Gasteiger partial charge in [0.15, 0.2) is 0 Å². The largest absolute Gasteiger partial charge is 0.416 e. The number of hydrogen-bond acceptors (Lipinski definition) is 4. The third-order valence-electron chi connectivity index (χ3n) is 7.86. The van der Waals surface area contributed by atoms with E-state index in [4.69, 9.17) is 0 Å². The first-order valence-corrected chi connectivity index (χ1v) is 13.2. The van der Waals surface area contributed by atoms with Crippen LogP contribution in [-0.4, -0.2) is 70.0 Å². The number of alkyl halides is 3. The Kier molecular flexibility index (Phi) is 7.19. The van der Waals surface area contributed by atoms with Crippen molar-refractivity contribution in [3.05, 3.63) is 52.8 Å². The molecule has 1 aromatic carbocycles. The molecular weight excluding hydrogens is 499 g/mol. The number of benzene rings is 1. The van der Waals surface area contributed by atoms with Crippen LogP contribution in [0.5, 0.6) is 0 Å². The quantitative estimate of drug-likeness (QED) is 0.616. The van der Waals surface area contributed by atoms with Crippen LogP contribution in [0.15, 0.2) is 30.5 Å². The van der Waals surface area contributed by atoms with E-state index in [9.17, 15) is 27.6 Å². The summed E-state index contributed by atoms with van der Waals surface area (Å²) in [5.74, 6) is -0.651. The smallest absolute Gasteiger partial charge is 0.347 e. The summed E-state index contributed by atoms with van der Waals surface area (Å²) < 4.78 is 42.6. The number of carbonyl (C=O) groups is 3. The molecule has 5 rings (SSSR count). The fraction of sp³-hybridized carbons (Fsp3) is 0.556. The van der Waals surface area contributed by atoms with Crippen molar-refractivity contribution in [1.82, 2.24) is 24.9 Å². The van der Waals surface area contributed by atoms with Crippen LogP contribution in [-0.2, 0) is 15.8 Å². The van der Waals surface area contributed by atoms with Gasteiger partial charge in [0.2, 0.25) is 11.8 Å². The summed E-state index contributed by atoms with van der Waals surface area (Å²) in [7, 11) is 0. The van der Waals surface area contributed by atoms with Crippen LogP contribution in [0.2, 0.25) is 0 Å². The van der Waals surface area contributed by atoms with Gasteiger partial charge in [0, 0.05) is 44.9 Å². The molecule has 8 nitrogen and oxygen atoms in total. The Morgan fingerprint density at radius 1 is 0.974 bits per heavy atom. The number of amides is 3. The van der Waals surface area contributed by atoms with Gasteiger partial charge >= 0.3 is 6.18 Å². The summed E-state index contributed by atoms with van der Waals surface area (Å²) in [6, 6.07) is 5.69. The van der Waals surface area contributed by atoms with E-state index in [1.165, 1.54) is 19.1 Å². The molecule has 204 valence electrons. The van der Waals surface area contributed by atoms with Crippen LogP contribution in [0.4, 0.5) is 13.2 Å². The van der Waals surface area contributed by atoms with Gasteiger partial charge in [0.25, 0.3) is 5.91 Å². The number of likely N-dealkylation sites (tertiary alicyclic amines) is 2. The van der Waals surface area contributed by atoms with Crippen molar-refractivity contribution in [1.29, 1.82) is 0 Å². The van der Waals surface area contributed by atoms with E-state index in [1.54, 1.807) is 22.1 Å². The third kappa shape index (κ3) is 5.42. The summed E-state index contributed by atoms with van der Waals surface area (Å²) in [6.45, 7) is 3.10. The van der Waals surface area contributed by atoms with E-state index >= 15 is 0 Å². The minimum Gasteiger partial charge on any atom is -0.347 e. The van der Waals surface area contributed by atoms with Crippen LogP contribution >= 0.6 is 0 Å². The highest BCUT2D eigenvalue weighted by Gasteiger charge is 2.40. The second kappa shape index (κ2) is 10.4. The predicted octanol–water partition coefficient (Wildman–Crippen LogP) is 3.71. The van der Waals surface area contributed by atoms with Crippen LogP contribution in [0, 0.1) is 0 Å². The van der Waals surface area contributed by atoms with Crippen molar-refractivity contribution >= 4 is 17.7 Å². The molecule has 3 heterocycles. The maximum atomic E-state index is 13.6. The summed E-state index contributed by atoms with van der Waals surface area (Å²) in [5, 5.41) is 7.15. The van der Waals surface area contributed by atoms with Gasteiger partial charge < -0.3 is 15.1 Å². The molecule has 0 spiro atoms. The Balaban J connectivity index is 1.28. The fourth-order valence-electron chi connectivity index (χ4n) is 5.74. The van der Waals surface area contributed by atoms with E-state index in [0.29, 0.717) is 44.5 Å². The summed E-state index contributed by atoms with van der Waals surface area (Å²) in [6.07, 6.45) is 1.00. The van der Waals surface area contributed by atoms with Crippen LogP contribution in [0.25, 0.3) is 0 Å². The Morgan fingerprint density at radius 3 is 2.32 bits per heavy atom. The van der Waals surface area contributed by atoms with E-state index < -0.39 is 11.7 Å². The second-order valence-corrected chi connectivity index (χ2v) is 10.5. The fourth-order valence-corrected chi connectivity index (χ4v) is 5.74. The van der Waals surface area contributed by atoms with Crippen LogP contribution in [0.1, 0.15) is 84.1 Å². The zero-order valence-corrected chi connectivity index (χ0v) is 21.3. The molecule has 0 bridgehead atoms. The maximum Gasteiger partial charge on any atom is 0.416 e. The van der Waals surface area contributed by atoms with E-state index in [2.05, 4.69) is 10.4 Å². The minimum absolute atomic E-state index is 0.0159. The lowest BCUT2D eigenvalue weighted by Crippen LogP contribution is -2.44. The standard InChI is InChI=1S/C27H32F3N5O3/c1-17(36)31-15-24(37)33-12-9-20(10-13-33)35-25(18-6-7-18)22(14-32-35)26(38)34-11-8-19(16-34)21-4-2-3-5-23(21)27(28,29)30/h2-5,14,18-20H,6-13,15-16H2,1H3,(H,31,36)/t19-/m1/s1. The van der Waals surface area contributed by atoms with Gasteiger partial charge in [-0.1, -0.05) is 18.2 Å². The first-order chi connectivity index (χ1) is 18.1. The van der Waals surface area contributed by atoms with Gasteiger partial charge in [-0.2, -0.15) is 18.3 Å². The van der Waals surface area contributed by atoms with Crippen molar-refractivity contribution in [2.45, 2.75) is 63.1 Å². The summed E-state index contributed by atoms with van der Waals surface area (Å²) >= 11 is 0. The molecule has 3 fully saturated rings. The molecule has 0 unspecified atom stereocenters. The Bertz CT molecular complexity index is 1210. The van der Waals surface area contributed by atoms with Crippen molar-refractivity contribution in [3.63, 3.8) is 0 Å². The highest BCUT2D eigenvalue weighted by atomic mass is 19.4. The first kappa shape index (κ1) is 26.2. The maximum absolute atomic E-state index is 13.6. The lowest BCUT2D eigenvalue weighted by atomic mass is 9.93. The monoisotopic (exact) mass is 531 g/mol. The molecule has 38 heavy (non-hydrogen) atoms. The zero-order valence-electron chi connectivity index (χ0n) is 21.3. The van der Waals surface area contributed by atoms with Crippen molar-refractivity contribution < 1.29 is 27.6 Å². The molecule has 1 aliphatic carbocycles. The lowest BCUT2D eigenvalue weighted by Gasteiger charge is -2.33. The highest BCUT2D eigenvalue weighted by molar-refractivity contribution is 5.95. The van der Waals surface area contributed by atoms with E-state index in [-0.39, 0.29) is 54.3 Å². The number of rotatable bonds is 6. The number of nitrogens with one attached hydrogen (secondary N) is 1. The van der Waals surface area contributed by atoms with Crippen molar-refractivity contribution in [3.8, 4) is 0 Å². The molecule has 11 heteroatoms. The SMILES string of the molecule is CC(=O)NCC(=O)N1CCC(n2ncc(C(=O)N3CC[C@@H](c4ccccc4C(F)(F)F)C3)c2C2CC2)CC1. The number of piperidine rings is 1. The number of nitrogens with zero attached hydrogens (tertiary/aromatic N) is 4. The van der Waals surface area contributed by atoms with E-state index in [0.717, 1.165) is 24.6 Å². The van der Waals surface area contributed by atoms with Crippen LogP contribution < -0.4 is 5.32 Å². The van der Waals surface area contributed by atoms with Crippen molar-refractivity contribution in [2.24, 2.45) is 0 Å². The molecule has 1 saturated carbocycles. The average Bonchev–Trinajstić information content (AvgIpc) is 3.44. The van der Waals surface area contributed by atoms with Gasteiger partial charge in [0.1, 0.15) is 0 Å². The molecule has 2 saturated heterocycles. The third-order valence-corrected chi connectivity index (χ3v) is 7.86. The molecule has 2 aromatic rings. The normalized spacial score (nSPS) is 20.6. The molecule has 3 amide bonds.